The third-order valence-corrected chi connectivity index (χ3v) is 5.32. The second-order valence-electron chi connectivity index (χ2n) is 4.61. The fourth-order valence-corrected chi connectivity index (χ4v) is 4.10. The van der Waals surface area contributed by atoms with Crippen molar-refractivity contribution in [3.8, 4) is 0 Å². The van der Waals surface area contributed by atoms with Gasteiger partial charge in [-0.05, 0) is 57.6 Å². The smallest absolute Gasteiger partial charge is 0.110 e. The van der Waals surface area contributed by atoms with E-state index >= 15 is 0 Å². The molecule has 0 saturated carbocycles. The number of aryl methyl sites for hydroxylation is 2. The Bertz CT molecular complexity index is 326. The molecule has 0 aliphatic heterocycles. The molecule has 2 nitrogen and oxygen atoms in total. The molecule has 1 aliphatic rings. The van der Waals surface area contributed by atoms with Crippen molar-refractivity contribution >= 4 is 23.1 Å². The normalized spacial score (nSPS) is 16.8. The number of hydrogen-bond acceptors (Lipinski definition) is 4. The SMILES string of the molecule is CNC(CCCSC)c1nc2c(s1)CCCC2. The largest absolute Gasteiger partial charge is 0.311 e. The van der Waals surface area contributed by atoms with Crippen LogP contribution in [0.5, 0.6) is 0 Å². The van der Waals surface area contributed by atoms with Crippen LogP contribution < -0.4 is 5.32 Å². The molecule has 96 valence electrons. The maximum Gasteiger partial charge on any atom is 0.110 e. The maximum atomic E-state index is 4.85. The lowest BCUT2D eigenvalue weighted by molar-refractivity contribution is 0.539. The van der Waals surface area contributed by atoms with Crippen LogP contribution in [-0.4, -0.2) is 24.0 Å². The molecule has 0 saturated heterocycles. The van der Waals surface area contributed by atoms with Crippen LogP contribution in [0.4, 0.5) is 0 Å². The molecule has 0 bridgehead atoms. The van der Waals surface area contributed by atoms with Gasteiger partial charge in [0.1, 0.15) is 5.01 Å². The van der Waals surface area contributed by atoms with Gasteiger partial charge in [0.2, 0.25) is 0 Å². The van der Waals surface area contributed by atoms with Crippen molar-refractivity contribution in [2.24, 2.45) is 0 Å². The lowest BCUT2D eigenvalue weighted by atomic mass is 10.0. The zero-order valence-corrected chi connectivity index (χ0v) is 12.4. The molecule has 1 aliphatic carbocycles. The van der Waals surface area contributed by atoms with Crippen LogP contribution in [0.15, 0.2) is 0 Å². The van der Waals surface area contributed by atoms with E-state index < -0.39 is 0 Å². The molecule has 1 N–H and O–H groups in total. The molecule has 2 rings (SSSR count). The Labute approximate surface area is 113 Å². The Morgan fingerprint density at radius 3 is 2.94 bits per heavy atom. The molecule has 1 heterocycles. The minimum Gasteiger partial charge on any atom is -0.311 e. The molecule has 1 unspecified atom stereocenters. The highest BCUT2D eigenvalue weighted by Crippen LogP contribution is 2.31. The quantitative estimate of drug-likeness (QED) is 0.802. The molecule has 17 heavy (non-hydrogen) atoms. The molecular formula is C13H22N2S2. The van der Waals surface area contributed by atoms with E-state index in [4.69, 9.17) is 4.98 Å². The second kappa shape index (κ2) is 6.76. The van der Waals surface area contributed by atoms with Crippen LogP contribution in [-0.2, 0) is 12.8 Å². The summed E-state index contributed by atoms with van der Waals surface area (Å²) in [5, 5.41) is 4.74. The molecule has 0 radical (unpaired) electrons. The van der Waals surface area contributed by atoms with Gasteiger partial charge >= 0.3 is 0 Å². The van der Waals surface area contributed by atoms with E-state index in [2.05, 4.69) is 18.6 Å². The van der Waals surface area contributed by atoms with Gasteiger partial charge in [-0.25, -0.2) is 4.98 Å². The number of nitrogens with one attached hydrogen (secondary N) is 1. The zero-order chi connectivity index (χ0) is 12.1. The molecule has 0 aromatic carbocycles. The number of rotatable bonds is 6. The molecular weight excluding hydrogens is 248 g/mol. The van der Waals surface area contributed by atoms with E-state index in [0.29, 0.717) is 6.04 Å². The molecule has 0 spiro atoms. The van der Waals surface area contributed by atoms with Crippen molar-refractivity contribution in [3.63, 3.8) is 0 Å². The predicted molar refractivity (Wildman–Crippen MR) is 78.2 cm³/mol. The summed E-state index contributed by atoms with van der Waals surface area (Å²) in [7, 11) is 2.06. The lowest BCUT2D eigenvalue weighted by Crippen LogP contribution is -2.16. The van der Waals surface area contributed by atoms with Gasteiger partial charge in [-0.1, -0.05) is 0 Å². The standard InChI is InChI=1S/C13H22N2S2/c1-14-11(7-5-9-16-2)13-15-10-6-3-4-8-12(10)17-13/h11,14H,3-9H2,1-2H3. The van der Waals surface area contributed by atoms with Gasteiger partial charge < -0.3 is 5.32 Å². The van der Waals surface area contributed by atoms with Crippen LogP contribution in [0.3, 0.4) is 0 Å². The molecule has 0 fully saturated rings. The average Bonchev–Trinajstić information content (AvgIpc) is 2.78. The third kappa shape index (κ3) is 3.46. The molecule has 0 amide bonds. The summed E-state index contributed by atoms with van der Waals surface area (Å²) in [6.07, 6.45) is 9.80. The fraction of sp³-hybridized carbons (Fsp3) is 0.769. The number of aromatic nitrogens is 1. The van der Waals surface area contributed by atoms with Crippen LogP contribution in [0, 0.1) is 0 Å². The monoisotopic (exact) mass is 270 g/mol. The van der Waals surface area contributed by atoms with Crippen LogP contribution in [0.2, 0.25) is 0 Å². The number of nitrogens with zero attached hydrogens (tertiary/aromatic N) is 1. The van der Waals surface area contributed by atoms with E-state index in [0.717, 1.165) is 0 Å². The summed E-state index contributed by atoms with van der Waals surface area (Å²) in [5.41, 5.74) is 1.39. The zero-order valence-electron chi connectivity index (χ0n) is 10.8. The Balaban J connectivity index is 2.00. The first-order valence-electron chi connectivity index (χ1n) is 6.50. The van der Waals surface area contributed by atoms with Crippen LogP contribution >= 0.6 is 23.1 Å². The Kier molecular flexibility index (Phi) is 5.32. The van der Waals surface area contributed by atoms with Crippen molar-refractivity contribution in [1.82, 2.24) is 10.3 Å². The summed E-state index contributed by atoms with van der Waals surface area (Å²) in [6, 6.07) is 0.470. The predicted octanol–water partition coefficient (Wildman–Crippen LogP) is 3.43. The maximum absolute atomic E-state index is 4.85. The van der Waals surface area contributed by atoms with Gasteiger partial charge in [-0.2, -0.15) is 11.8 Å². The van der Waals surface area contributed by atoms with Gasteiger partial charge in [0.15, 0.2) is 0 Å². The summed E-state index contributed by atoms with van der Waals surface area (Å²) in [6.45, 7) is 0. The first-order chi connectivity index (χ1) is 8.35. The average molecular weight is 270 g/mol. The number of thioether (sulfide) groups is 1. The minimum absolute atomic E-state index is 0.470. The Morgan fingerprint density at radius 1 is 1.41 bits per heavy atom. The van der Waals surface area contributed by atoms with Crippen LogP contribution in [0.1, 0.15) is 47.3 Å². The Hall–Kier alpha value is -0.0600. The summed E-state index contributed by atoms with van der Waals surface area (Å²) in [4.78, 5) is 6.40. The Morgan fingerprint density at radius 2 is 2.24 bits per heavy atom. The van der Waals surface area contributed by atoms with E-state index in [9.17, 15) is 0 Å². The highest BCUT2D eigenvalue weighted by atomic mass is 32.2. The number of thiazole rings is 1. The summed E-state index contributed by atoms with van der Waals surface area (Å²) >= 11 is 3.88. The minimum atomic E-state index is 0.470. The van der Waals surface area contributed by atoms with Gasteiger partial charge in [0.25, 0.3) is 0 Å². The highest BCUT2D eigenvalue weighted by Gasteiger charge is 2.19. The summed E-state index contributed by atoms with van der Waals surface area (Å²) < 4.78 is 0. The first-order valence-corrected chi connectivity index (χ1v) is 8.71. The van der Waals surface area contributed by atoms with Crippen molar-refractivity contribution in [3.05, 3.63) is 15.6 Å². The molecule has 4 heteroatoms. The molecule has 1 aromatic rings. The van der Waals surface area contributed by atoms with E-state index in [1.165, 1.54) is 55.0 Å². The van der Waals surface area contributed by atoms with Crippen LogP contribution in [0.25, 0.3) is 0 Å². The fourth-order valence-electron chi connectivity index (χ4n) is 2.34. The number of hydrogen-bond donors (Lipinski definition) is 1. The topological polar surface area (TPSA) is 24.9 Å². The van der Waals surface area contributed by atoms with Gasteiger partial charge in [0, 0.05) is 4.88 Å². The van der Waals surface area contributed by atoms with Crippen molar-refractivity contribution in [2.45, 2.75) is 44.6 Å². The van der Waals surface area contributed by atoms with E-state index in [-0.39, 0.29) is 0 Å². The second-order valence-corrected chi connectivity index (χ2v) is 6.71. The number of fused-ring (bicyclic) bond motifs is 1. The molecule has 1 atom stereocenters. The van der Waals surface area contributed by atoms with Gasteiger partial charge in [-0.15, -0.1) is 11.3 Å². The van der Waals surface area contributed by atoms with Crippen molar-refractivity contribution in [2.75, 3.05) is 19.1 Å². The summed E-state index contributed by atoms with van der Waals surface area (Å²) in [5.74, 6) is 1.25. The molecule has 1 aromatic heterocycles. The third-order valence-electron chi connectivity index (χ3n) is 3.35. The highest BCUT2D eigenvalue weighted by molar-refractivity contribution is 7.98. The first kappa shape index (κ1) is 13.4. The van der Waals surface area contributed by atoms with Crippen molar-refractivity contribution < 1.29 is 0 Å². The van der Waals surface area contributed by atoms with E-state index in [1.54, 1.807) is 4.88 Å². The van der Waals surface area contributed by atoms with Gasteiger partial charge in [0.05, 0.1) is 11.7 Å². The lowest BCUT2D eigenvalue weighted by Gasteiger charge is -2.12. The van der Waals surface area contributed by atoms with Crippen molar-refractivity contribution in [1.29, 1.82) is 0 Å². The van der Waals surface area contributed by atoms with E-state index in [1.807, 2.05) is 23.1 Å². The van der Waals surface area contributed by atoms with Gasteiger partial charge in [-0.3, -0.25) is 0 Å².